The molecule has 1 N–H and O–H groups in total. The summed E-state index contributed by atoms with van der Waals surface area (Å²) >= 11 is 0. The molecule has 0 aliphatic rings. The molecule has 0 spiro atoms. The van der Waals surface area contributed by atoms with E-state index < -0.39 is 11.7 Å². The molecule has 44 heavy (non-hydrogen) atoms. The van der Waals surface area contributed by atoms with Crippen molar-refractivity contribution in [3.05, 3.63) is 96.1 Å². The Morgan fingerprint density at radius 3 is 1.66 bits per heavy atom. The highest BCUT2D eigenvalue weighted by atomic mass is 19.4. The molecular weight excluding hydrogens is 551 g/mol. The van der Waals surface area contributed by atoms with Crippen LogP contribution in [0.15, 0.2) is 79.4 Å². The van der Waals surface area contributed by atoms with E-state index in [0.717, 1.165) is 43.5 Å². The van der Waals surface area contributed by atoms with Gasteiger partial charge >= 0.3 is 6.18 Å². The minimum absolute atomic E-state index is 0.141. The maximum atomic E-state index is 13.1. The molecule has 0 aromatic heterocycles. The summed E-state index contributed by atoms with van der Waals surface area (Å²) in [7, 11) is 0. The van der Waals surface area contributed by atoms with Gasteiger partial charge in [-0.25, -0.2) is 0 Å². The first-order valence-corrected chi connectivity index (χ1v) is 17.0. The van der Waals surface area contributed by atoms with Crippen molar-refractivity contribution in [2.24, 2.45) is 11.8 Å². The zero-order valence-electron chi connectivity index (χ0n) is 30.7. The molecule has 2 rings (SSSR count). The van der Waals surface area contributed by atoms with Gasteiger partial charge in [0.1, 0.15) is 0 Å². The number of allylic oxidation sites excluding steroid dienone is 3. The predicted molar refractivity (Wildman–Crippen MR) is 195 cm³/mol. The Kier molecular flexibility index (Phi) is 38.8. The maximum Gasteiger partial charge on any atom is 0.416 e. The van der Waals surface area contributed by atoms with Gasteiger partial charge in [-0.05, 0) is 101 Å². The molecule has 0 aliphatic heterocycles. The average molecular weight is 622 g/mol. The second kappa shape index (κ2) is 35.2. The SMILES string of the molecule is C/C=C\C.C=CC.CC.CCC.CCCCNCC(C)CCC(CC)C(C)c1cc(C(F)(F)F)ccc1C.c1ccccc1. The third-order valence-electron chi connectivity index (χ3n) is 6.56. The molecule has 0 amide bonds. The largest absolute Gasteiger partial charge is 0.416 e. The Hall–Kier alpha value is -2.33. The van der Waals surface area contributed by atoms with Crippen LogP contribution < -0.4 is 5.32 Å². The summed E-state index contributed by atoms with van der Waals surface area (Å²) in [6.07, 6.45) is 8.29. The number of halogens is 3. The zero-order valence-corrected chi connectivity index (χ0v) is 30.7. The first-order chi connectivity index (χ1) is 20.9. The number of hydrogen-bond acceptors (Lipinski definition) is 1. The van der Waals surface area contributed by atoms with Crippen LogP contribution in [0.5, 0.6) is 0 Å². The lowest BCUT2D eigenvalue weighted by Crippen LogP contribution is -2.23. The lowest BCUT2D eigenvalue weighted by molar-refractivity contribution is -0.137. The molecule has 3 atom stereocenters. The second-order valence-electron chi connectivity index (χ2n) is 10.7. The Labute approximate surface area is 272 Å². The molecular formula is C40H70F3N. The summed E-state index contributed by atoms with van der Waals surface area (Å²) in [6.45, 7) is 30.2. The van der Waals surface area contributed by atoms with E-state index in [9.17, 15) is 13.2 Å². The van der Waals surface area contributed by atoms with Crippen molar-refractivity contribution in [3.8, 4) is 0 Å². The average Bonchev–Trinajstić information content (AvgIpc) is 3.02. The van der Waals surface area contributed by atoms with Crippen molar-refractivity contribution in [2.75, 3.05) is 13.1 Å². The normalized spacial score (nSPS) is 12.1. The van der Waals surface area contributed by atoms with E-state index in [2.05, 4.69) is 53.4 Å². The number of benzene rings is 2. The first-order valence-electron chi connectivity index (χ1n) is 17.0. The summed E-state index contributed by atoms with van der Waals surface area (Å²) in [5.41, 5.74) is 1.27. The summed E-state index contributed by atoms with van der Waals surface area (Å²) in [5, 5.41) is 3.50. The van der Waals surface area contributed by atoms with Crippen LogP contribution >= 0.6 is 0 Å². The van der Waals surface area contributed by atoms with Crippen molar-refractivity contribution >= 4 is 0 Å². The van der Waals surface area contributed by atoms with Crippen LogP contribution in [0.3, 0.4) is 0 Å². The molecule has 3 unspecified atom stereocenters. The molecule has 0 radical (unpaired) electrons. The Bertz CT molecular complexity index is 828. The van der Waals surface area contributed by atoms with Crippen molar-refractivity contribution in [1.29, 1.82) is 0 Å². The summed E-state index contributed by atoms with van der Waals surface area (Å²) in [6, 6.07) is 16.2. The molecule has 2 aromatic carbocycles. The van der Waals surface area contributed by atoms with Crippen molar-refractivity contribution in [1.82, 2.24) is 5.32 Å². The van der Waals surface area contributed by atoms with E-state index in [1.165, 1.54) is 31.4 Å². The van der Waals surface area contributed by atoms with Gasteiger partial charge in [0, 0.05) is 0 Å². The molecule has 0 saturated carbocycles. The topological polar surface area (TPSA) is 12.0 Å². The van der Waals surface area contributed by atoms with Gasteiger partial charge in [-0.1, -0.05) is 135 Å². The Morgan fingerprint density at radius 2 is 1.30 bits per heavy atom. The van der Waals surface area contributed by atoms with Gasteiger partial charge in [-0.15, -0.1) is 6.58 Å². The number of hydrogen-bond donors (Lipinski definition) is 1. The third-order valence-corrected chi connectivity index (χ3v) is 6.56. The Morgan fingerprint density at radius 1 is 0.841 bits per heavy atom. The lowest BCUT2D eigenvalue weighted by Gasteiger charge is -2.26. The van der Waals surface area contributed by atoms with E-state index in [1.807, 2.05) is 90.1 Å². The lowest BCUT2D eigenvalue weighted by atomic mass is 9.79. The highest BCUT2D eigenvalue weighted by Gasteiger charge is 2.31. The fourth-order valence-electron chi connectivity index (χ4n) is 4.00. The number of alkyl halides is 3. The van der Waals surface area contributed by atoms with Crippen LogP contribution in [0.1, 0.15) is 137 Å². The Balaban J connectivity index is -0.000000360. The molecule has 0 fully saturated rings. The fourth-order valence-corrected chi connectivity index (χ4v) is 4.00. The standard InChI is InChI=1S/C22H36F3N.C6H6.C4H8.C3H8.C3H6.C2H6/c1-6-8-13-26-15-16(3)9-11-19(7-2)18(5)21-14-20(22(23,24)25)12-10-17(21)4;1-2-4-6-5-3-1;1-3-4-2;2*1-3-2;1-2/h10,12,14,16,18-19,26H,6-9,11,13,15H2,1-5H3;1-6H;3-4H,1-2H3;3H2,1-2H3;3H,1H2,2H3;1-2H3/b;;4-3-;;;. The molecule has 1 nitrogen and oxygen atoms in total. The van der Waals surface area contributed by atoms with Crippen LogP contribution in [0.2, 0.25) is 0 Å². The fraction of sp³-hybridized carbons (Fsp3) is 0.600. The van der Waals surface area contributed by atoms with Gasteiger partial charge in [-0.2, -0.15) is 13.2 Å². The van der Waals surface area contributed by atoms with Crippen molar-refractivity contribution < 1.29 is 13.2 Å². The molecule has 0 bridgehead atoms. The molecule has 2 aromatic rings. The van der Waals surface area contributed by atoms with Crippen LogP contribution in [0.4, 0.5) is 13.2 Å². The van der Waals surface area contributed by atoms with Crippen LogP contribution in [0, 0.1) is 18.8 Å². The van der Waals surface area contributed by atoms with Crippen LogP contribution in [-0.4, -0.2) is 13.1 Å². The molecule has 0 aliphatic carbocycles. The van der Waals surface area contributed by atoms with E-state index in [-0.39, 0.29) is 5.92 Å². The number of unbranched alkanes of at least 4 members (excludes halogenated alkanes) is 1. The molecule has 0 saturated heterocycles. The van der Waals surface area contributed by atoms with Crippen LogP contribution in [0.25, 0.3) is 0 Å². The first kappa shape index (κ1) is 48.6. The highest BCUT2D eigenvalue weighted by Crippen LogP contribution is 2.37. The van der Waals surface area contributed by atoms with Gasteiger partial charge < -0.3 is 5.32 Å². The number of aryl methyl sites for hydroxylation is 1. The van der Waals surface area contributed by atoms with Crippen LogP contribution in [-0.2, 0) is 6.18 Å². The smallest absolute Gasteiger partial charge is 0.316 e. The third kappa shape index (κ3) is 29.7. The van der Waals surface area contributed by atoms with E-state index in [0.29, 0.717) is 11.8 Å². The second-order valence-corrected chi connectivity index (χ2v) is 10.7. The van der Waals surface area contributed by atoms with E-state index in [1.54, 1.807) is 12.1 Å². The maximum absolute atomic E-state index is 13.1. The van der Waals surface area contributed by atoms with Gasteiger partial charge in [0.2, 0.25) is 0 Å². The highest BCUT2D eigenvalue weighted by molar-refractivity contribution is 5.35. The van der Waals surface area contributed by atoms with Gasteiger partial charge in [0.15, 0.2) is 0 Å². The predicted octanol–water partition coefficient (Wildman–Crippen LogP) is 13.9. The summed E-state index contributed by atoms with van der Waals surface area (Å²) in [4.78, 5) is 0. The molecule has 4 heteroatoms. The van der Waals surface area contributed by atoms with Gasteiger partial charge in [-0.3, -0.25) is 0 Å². The number of nitrogens with one attached hydrogen (secondary N) is 1. The summed E-state index contributed by atoms with van der Waals surface area (Å²) in [5.74, 6) is 1.15. The van der Waals surface area contributed by atoms with E-state index in [4.69, 9.17) is 0 Å². The minimum atomic E-state index is -4.28. The van der Waals surface area contributed by atoms with Gasteiger partial charge in [0.05, 0.1) is 5.56 Å². The molecule has 0 heterocycles. The quantitative estimate of drug-likeness (QED) is 0.194. The minimum Gasteiger partial charge on any atom is -0.316 e. The van der Waals surface area contributed by atoms with Crippen molar-refractivity contribution in [3.63, 3.8) is 0 Å². The van der Waals surface area contributed by atoms with E-state index >= 15 is 0 Å². The summed E-state index contributed by atoms with van der Waals surface area (Å²) < 4.78 is 39.2. The van der Waals surface area contributed by atoms with Gasteiger partial charge in [0.25, 0.3) is 0 Å². The number of rotatable bonds is 11. The molecule has 256 valence electrons. The zero-order chi connectivity index (χ0) is 34.8. The monoisotopic (exact) mass is 622 g/mol. The van der Waals surface area contributed by atoms with Crippen molar-refractivity contribution in [2.45, 2.75) is 134 Å².